The average Bonchev–Trinajstić information content (AvgIpc) is 2.80. The molecular weight excluding hydrogens is 493 g/mol. The molecule has 37 heavy (non-hydrogen) atoms. The number of esters is 1. The van der Waals surface area contributed by atoms with Crippen LogP contribution in [0, 0.1) is 0 Å². The number of nitrogens with zero attached hydrogens (tertiary/aromatic N) is 1. The van der Waals surface area contributed by atoms with E-state index in [-0.39, 0.29) is 0 Å². The Morgan fingerprint density at radius 2 is 1.24 bits per heavy atom. The van der Waals surface area contributed by atoms with Crippen LogP contribution >= 0.6 is 7.82 Å². The fraction of sp³-hybridized carbons (Fsp3) is 0.964. The molecule has 3 atom stereocenters. The molecule has 222 valence electrons. The molecule has 0 heterocycles. The molecule has 0 saturated carbocycles. The number of carbonyl (C=O) groups excluding carboxylic acids is 1. The van der Waals surface area contributed by atoms with Gasteiger partial charge in [0.15, 0.2) is 0 Å². The van der Waals surface area contributed by atoms with Crippen molar-refractivity contribution in [2.75, 3.05) is 40.9 Å². The number of aliphatic hydroxyl groups excluding tert-OH is 1. The molecule has 9 heteroatoms. The molecule has 0 rings (SSSR count). The standard InChI is InChI=1S/C28H58NO7P/c1-6-7-8-9-10-11-12-13-14-15-16-17-18-19-20-21-22-27(23-29(3,4)5)36-37(32,33)34-25-28(24-30)35-26(2)31/h27-28,30H,6-25H2,1-5H3/t27?,28-/m1/s1. The fourth-order valence-electron chi connectivity index (χ4n) is 4.45. The Labute approximate surface area is 227 Å². The van der Waals surface area contributed by atoms with Crippen LogP contribution in [0.1, 0.15) is 123 Å². The normalized spacial score (nSPS) is 15.3. The second-order valence-corrected chi connectivity index (χ2v) is 12.8. The van der Waals surface area contributed by atoms with Crippen LogP contribution in [0.4, 0.5) is 0 Å². The average molecular weight is 552 g/mol. The summed E-state index contributed by atoms with van der Waals surface area (Å²) in [6.07, 6.45) is 19.8. The van der Waals surface area contributed by atoms with E-state index in [9.17, 15) is 19.4 Å². The summed E-state index contributed by atoms with van der Waals surface area (Å²) in [6, 6.07) is 0. The van der Waals surface area contributed by atoms with E-state index in [1.807, 2.05) is 21.1 Å². The third kappa shape index (κ3) is 25.5. The largest absolute Gasteiger partial charge is 0.756 e. The Bertz CT molecular complexity index is 598. The number of unbranched alkanes of at least 4 members (excludes halogenated alkanes) is 15. The van der Waals surface area contributed by atoms with Gasteiger partial charge in [-0.25, -0.2) is 0 Å². The van der Waals surface area contributed by atoms with Gasteiger partial charge in [-0.3, -0.25) is 9.36 Å². The van der Waals surface area contributed by atoms with Gasteiger partial charge in [-0.15, -0.1) is 0 Å². The zero-order valence-electron chi connectivity index (χ0n) is 24.6. The van der Waals surface area contributed by atoms with E-state index in [2.05, 4.69) is 6.92 Å². The van der Waals surface area contributed by atoms with Crippen LogP contribution in [-0.2, 0) is 23.1 Å². The zero-order valence-corrected chi connectivity index (χ0v) is 25.5. The Morgan fingerprint density at radius 1 is 0.811 bits per heavy atom. The number of ether oxygens (including phenoxy) is 1. The third-order valence-electron chi connectivity index (χ3n) is 6.36. The summed E-state index contributed by atoms with van der Waals surface area (Å²) >= 11 is 0. The van der Waals surface area contributed by atoms with Gasteiger partial charge in [0.05, 0.1) is 34.4 Å². The van der Waals surface area contributed by atoms with Crippen LogP contribution in [0.2, 0.25) is 0 Å². The number of carbonyl (C=O) groups is 1. The lowest BCUT2D eigenvalue weighted by Crippen LogP contribution is -2.42. The number of hydrogen-bond donors (Lipinski definition) is 1. The Kier molecular flexibility index (Phi) is 22.0. The zero-order chi connectivity index (χ0) is 28.0. The van der Waals surface area contributed by atoms with Gasteiger partial charge >= 0.3 is 5.97 Å². The van der Waals surface area contributed by atoms with Crippen molar-refractivity contribution in [2.24, 2.45) is 0 Å². The number of hydrogen-bond acceptors (Lipinski definition) is 7. The lowest BCUT2D eigenvalue weighted by molar-refractivity contribution is -0.873. The van der Waals surface area contributed by atoms with Crippen LogP contribution in [0.5, 0.6) is 0 Å². The van der Waals surface area contributed by atoms with E-state index in [1.165, 1.54) is 90.4 Å². The minimum atomic E-state index is -4.60. The molecule has 1 N–H and O–H groups in total. The second kappa shape index (κ2) is 22.3. The maximum absolute atomic E-state index is 12.4. The lowest BCUT2D eigenvalue weighted by Gasteiger charge is -2.33. The highest BCUT2D eigenvalue weighted by Crippen LogP contribution is 2.41. The van der Waals surface area contributed by atoms with E-state index >= 15 is 0 Å². The van der Waals surface area contributed by atoms with Gasteiger partial charge in [0, 0.05) is 6.92 Å². The molecule has 0 amide bonds. The third-order valence-corrected chi connectivity index (χ3v) is 7.39. The topological polar surface area (TPSA) is 105 Å². The molecular formula is C28H58NO7P. The van der Waals surface area contributed by atoms with Crippen LogP contribution in [0.3, 0.4) is 0 Å². The molecule has 0 saturated heterocycles. The van der Waals surface area contributed by atoms with Crippen molar-refractivity contribution in [1.82, 2.24) is 0 Å². The summed E-state index contributed by atoms with van der Waals surface area (Å²) in [5, 5.41) is 9.22. The van der Waals surface area contributed by atoms with Crippen LogP contribution < -0.4 is 4.89 Å². The van der Waals surface area contributed by atoms with Crippen molar-refractivity contribution in [2.45, 2.75) is 135 Å². The fourth-order valence-corrected chi connectivity index (χ4v) is 5.40. The molecule has 2 unspecified atom stereocenters. The summed E-state index contributed by atoms with van der Waals surface area (Å²) in [5.41, 5.74) is 0. The number of likely N-dealkylation sites (N-methyl/N-ethyl adjacent to an activating group) is 1. The molecule has 0 bridgehead atoms. The monoisotopic (exact) mass is 551 g/mol. The highest BCUT2D eigenvalue weighted by Gasteiger charge is 2.25. The Hall–Kier alpha value is -0.500. The van der Waals surface area contributed by atoms with Gasteiger partial charge in [-0.2, -0.15) is 0 Å². The summed E-state index contributed by atoms with van der Waals surface area (Å²) in [4.78, 5) is 23.4. The molecule has 8 nitrogen and oxygen atoms in total. The van der Waals surface area contributed by atoms with E-state index in [1.54, 1.807) is 0 Å². The second-order valence-electron chi connectivity index (χ2n) is 11.4. The quantitative estimate of drug-likeness (QED) is 0.0596. The highest BCUT2D eigenvalue weighted by molar-refractivity contribution is 7.45. The Morgan fingerprint density at radius 3 is 1.62 bits per heavy atom. The molecule has 0 aromatic rings. The van der Waals surface area contributed by atoms with E-state index in [0.717, 1.165) is 19.3 Å². The SMILES string of the molecule is CCCCCCCCCCCCCCCCCCC(C[N+](C)(C)C)OP(=O)([O-])OC[C@@H](CO)OC(C)=O. The molecule has 0 fully saturated rings. The van der Waals surface area contributed by atoms with Crippen molar-refractivity contribution in [1.29, 1.82) is 0 Å². The first-order valence-corrected chi connectivity index (χ1v) is 16.2. The predicted molar refractivity (Wildman–Crippen MR) is 148 cm³/mol. The number of phosphoric acid groups is 1. The van der Waals surface area contributed by atoms with E-state index in [4.69, 9.17) is 13.8 Å². The van der Waals surface area contributed by atoms with Gasteiger partial charge in [0.2, 0.25) is 0 Å². The van der Waals surface area contributed by atoms with Crippen molar-refractivity contribution in [3.63, 3.8) is 0 Å². The molecule has 0 aromatic carbocycles. The molecule has 0 radical (unpaired) electrons. The molecule has 0 aliphatic heterocycles. The molecule has 0 spiro atoms. The van der Waals surface area contributed by atoms with Crippen molar-refractivity contribution >= 4 is 13.8 Å². The first kappa shape index (κ1) is 36.5. The number of quaternary nitrogens is 1. The van der Waals surface area contributed by atoms with Crippen LogP contribution in [-0.4, -0.2) is 68.7 Å². The van der Waals surface area contributed by atoms with Crippen LogP contribution in [0.25, 0.3) is 0 Å². The van der Waals surface area contributed by atoms with Gasteiger partial charge in [-0.05, 0) is 6.42 Å². The number of rotatable bonds is 26. The molecule has 0 aliphatic rings. The smallest absolute Gasteiger partial charge is 0.303 e. The minimum absolute atomic E-state index is 0.465. The van der Waals surface area contributed by atoms with Gasteiger partial charge in [0.1, 0.15) is 18.8 Å². The summed E-state index contributed by atoms with van der Waals surface area (Å²) in [5.74, 6) is -0.615. The van der Waals surface area contributed by atoms with Gasteiger partial charge < -0.3 is 28.3 Å². The summed E-state index contributed by atoms with van der Waals surface area (Å²) < 4.78 is 28.0. The Balaban J connectivity index is 4.04. The minimum Gasteiger partial charge on any atom is -0.756 e. The maximum Gasteiger partial charge on any atom is 0.303 e. The van der Waals surface area contributed by atoms with E-state index < -0.39 is 39.2 Å². The summed E-state index contributed by atoms with van der Waals surface area (Å²) in [6.45, 7) is 2.99. The van der Waals surface area contributed by atoms with E-state index in [0.29, 0.717) is 17.4 Å². The first-order chi connectivity index (χ1) is 17.5. The van der Waals surface area contributed by atoms with Gasteiger partial charge in [0.25, 0.3) is 7.82 Å². The molecule has 0 aliphatic carbocycles. The number of aliphatic hydroxyl groups is 1. The highest BCUT2D eigenvalue weighted by atomic mass is 31.2. The molecule has 0 aromatic heterocycles. The van der Waals surface area contributed by atoms with Gasteiger partial charge in [-0.1, -0.05) is 110 Å². The van der Waals surface area contributed by atoms with Crippen molar-refractivity contribution < 1.29 is 37.6 Å². The van der Waals surface area contributed by atoms with Crippen LogP contribution in [0.15, 0.2) is 0 Å². The predicted octanol–water partition coefficient (Wildman–Crippen LogP) is 6.14. The number of phosphoric ester groups is 1. The summed E-state index contributed by atoms with van der Waals surface area (Å²) in [7, 11) is 1.37. The van der Waals surface area contributed by atoms with Crippen molar-refractivity contribution in [3.8, 4) is 0 Å². The van der Waals surface area contributed by atoms with Crippen molar-refractivity contribution in [3.05, 3.63) is 0 Å². The lowest BCUT2D eigenvalue weighted by atomic mass is 10.0. The first-order valence-electron chi connectivity index (χ1n) is 14.7. The maximum atomic E-state index is 12.4.